The summed E-state index contributed by atoms with van der Waals surface area (Å²) in [4.78, 5) is 18.9. The van der Waals surface area contributed by atoms with Crippen LogP contribution in [0.4, 0.5) is 0 Å². The normalized spacial score (nSPS) is 18.6. The summed E-state index contributed by atoms with van der Waals surface area (Å²) in [6, 6.07) is 9.73. The molecule has 1 atom stereocenters. The molecule has 0 spiro atoms. The zero-order valence-electron chi connectivity index (χ0n) is 16.3. The van der Waals surface area contributed by atoms with Crippen LogP contribution in [0.25, 0.3) is 0 Å². The zero-order valence-corrected chi connectivity index (χ0v) is 17.1. The van der Waals surface area contributed by atoms with Crippen molar-refractivity contribution in [1.29, 1.82) is 0 Å². The maximum atomic E-state index is 12.9. The molecule has 28 heavy (non-hydrogen) atoms. The smallest absolute Gasteiger partial charge is 0.262 e. The van der Waals surface area contributed by atoms with Gasteiger partial charge in [0.2, 0.25) is 5.91 Å². The summed E-state index contributed by atoms with van der Waals surface area (Å²) in [6.45, 7) is 5.35. The Kier molecular flexibility index (Phi) is 4.63. The lowest BCUT2D eigenvalue weighted by Crippen LogP contribution is -2.38. The summed E-state index contributed by atoms with van der Waals surface area (Å²) in [5, 5.41) is 0.0827. The average molecular weight is 401 g/mol. The highest BCUT2D eigenvalue weighted by molar-refractivity contribution is 7.89. The van der Waals surface area contributed by atoms with Crippen LogP contribution in [0.5, 0.6) is 0 Å². The fraction of sp³-hybridized carbons (Fsp3) is 0.400. The summed E-state index contributed by atoms with van der Waals surface area (Å²) >= 11 is 0. The highest BCUT2D eigenvalue weighted by Gasteiger charge is 2.39. The highest BCUT2D eigenvalue weighted by Crippen LogP contribution is 2.31. The molecule has 7 nitrogen and oxygen atoms in total. The van der Waals surface area contributed by atoms with Crippen molar-refractivity contribution in [3.63, 3.8) is 0 Å². The summed E-state index contributed by atoms with van der Waals surface area (Å²) in [5.74, 6) is 0.526. The molecule has 0 fully saturated rings. The van der Waals surface area contributed by atoms with E-state index >= 15 is 0 Å². The minimum Gasteiger partial charge on any atom is -0.337 e. The van der Waals surface area contributed by atoms with Gasteiger partial charge in [-0.3, -0.25) is 4.79 Å². The van der Waals surface area contributed by atoms with E-state index in [1.54, 1.807) is 24.7 Å². The summed E-state index contributed by atoms with van der Waals surface area (Å²) in [6.07, 6.45) is 1.55. The van der Waals surface area contributed by atoms with Crippen LogP contribution in [0.3, 0.4) is 0 Å². The predicted molar refractivity (Wildman–Crippen MR) is 105 cm³/mol. The standard InChI is InChI=1S/C20H24N4O3S/c1-14(16-7-5-4-6-8-16)20(25)23-9-17-11-24(12-18(17)10-23)28(26,27)19-13-22(3)15(2)21-19/h4-8,13-14H,9-12H2,1-3H3/t14-/m1/s1. The number of amides is 1. The van der Waals surface area contributed by atoms with Crippen LogP contribution >= 0.6 is 0 Å². The Bertz CT molecular complexity index is 1020. The van der Waals surface area contributed by atoms with E-state index in [4.69, 9.17) is 0 Å². The fourth-order valence-corrected chi connectivity index (χ4v) is 5.27. The lowest BCUT2D eigenvalue weighted by atomic mass is 10.00. The molecule has 0 unspecified atom stereocenters. The third kappa shape index (κ3) is 3.16. The number of carbonyl (C=O) groups is 1. The molecule has 2 aromatic rings. The molecule has 1 aromatic carbocycles. The Morgan fingerprint density at radius 1 is 1.07 bits per heavy atom. The van der Waals surface area contributed by atoms with Crippen molar-refractivity contribution in [2.45, 2.75) is 24.8 Å². The van der Waals surface area contributed by atoms with Gasteiger partial charge < -0.3 is 9.47 Å². The van der Waals surface area contributed by atoms with Gasteiger partial charge in [-0.15, -0.1) is 0 Å². The van der Waals surface area contributed by atoms with Crippen molar-refractivity contribution in [2.75, 3.05) is 26.2 Å². The summed E-state index contributed by atoms with van der Waals surface area (Å²) < 4.78 is 28.9. The van der Waals surface area contributed by atoms with Gasteiger partial charge in [0.15, 0.2) is 5.03 Å². The molecule has 2 aliphatic heterocycles. The largest absolute Gasteiger partial charge is 0.337 e. The number of hydrogen-bond donors (Lipinski definition) is 0. The fourth-order valence-electron chi connectivity index (χ4n) is 3.81. The second kappa shape index (κ2) is 6.86. The van der Waals surface area contributed by atoms with Gasteiger partial charge in [-0.25, -0.2) is 13.4 Å². The quantitative estimate of drug-likeness (QED) is 0.732. The van der Waals surface area contributed by atoms with Crippen LogP contribution in [-0.4, -0.2) is 59.3 Å². The monoisotopic (exact) mass is 400 g/mol. The minimum absolute atomic E-state index is 0.0790. The molecular weight excluding hydrogens is 376 g/mol. The predicted octanol–water partition coefficient (Wildman–Crippen LogP) is 1.68. The number of hydrogen-bond acceptors (Lipinski definition) is 4. The van der Waals surface area contributed by atoms with Gasteiger partial charge in [0.1, 0.15) is 5.82 Å². The first-order valence-electron chi connectivity index (χ1n) is 9.31. The van der Waals surface area contributed by atoms with Gasteiger partial charge >= 0.3 is 0 Å². The topological polar surface area (TPSA) is 75.5 Å². The van der Waals surface area contributed by atoms with Crippen molar-refractivity contribution in [3.8, 4) is 0 Å². The third-order valence-electron chi connectivity index (χ3n) is 5.67. The SMILES string of the molecule is Cc1nc(S(=O)(=O)N2CC3=C(CN(C(=O)[C@H](C)c4ccccc4)C3)C2)cn1C. The summed E-state index contributed by atoms with van der Waals surface area (Å²) in [7, 11) is -1.84. The maximum absolute atomic E-state index is 12.9. The number of sulfonamides is 1. The number of benzene rings is 1. The number of aromatic nitrogens is 2. The van der Waals surface area contributed by atoms with Gasteiger partial charge in [0.25, 0.3) is 10.0 Å². The van der Waals surface area contributed by atoms with Crippen molar-refractivity contribution in [3.05, 3.63) is 59.1 Å². The van der Waals surface area contributed by atoms with Crippen molar-refractivity contribution < 1.29 is 13.2 Å². The molecule has 1 aromatic heterocycles. The molecule has 0 aliphatic carbocycles. The molecule has 8 heteroatoms. The van der Waals surface area contributed by atoms with E-state index < -0.39 is 10.0 Å². The maximum Gasteiger partial charge on any atom is 0.262 e. The van der Waals surface area contributed by atoms with Crippen LogP contribution < -0.4 is 0 Å². The molecule has 3 heterocycles. The molecule has 0 saturated heterocycles. The average Bonchev–Trinajstić information content (AvgIpc) is 3.35. The van der Waals surface area contributed by atoms with Crippen LogP contribution in [0.2, 0.25) is 0 Å². The number of aryl methyl sites for hydroxylation is 2. The first-order chi connectivity index (χ1) is 13.3. The van der Waals surface area contributed by atoms with E-state index in [-0.39, 0.29) is 16.9 Å². The second-order valence-corrected chi connectivity index (χ2v) is 9.43. The Hall–Kier alpha value is -2.45. The lowest BCUT2D eigenvalue weighted by Gasteiger charge is -2.24. The zero-order chi connectivity index (χ0) is 20.1. The Morgan fingerprint density at radius 2 is 1.68 bits per heavy atom. The third-order valence-corrected chi connectivity index (χ3v) is 7.33. The summed E-state index contributed by atoms with van der Waals surface area (Å²) in [5.41, 5.74) is 3.06. The van der Waals surface area contributed by atoms with E-state index in [1.165, 1.54) is 4.31 Å². The number of nitrogens with zero attached hydrogens (tertiary/aromatic N) is 4. The van der Waals surface area contributed by atoms with Gasteiger partial charge in [-0.05, 0) is 30.6 Å². The van der Waals surface area contributed by atoms with Gasteiger partial charge in [0, 0.05) is 39.4 Å². The van der Waals surface area contributed by atoms with Gasteiger partial charge in [-0.2, -0.15) is 4.31 Å². The van der Waals surface area contributed by atoms with E-state index in [9.17, 15) is 13.2 Å². The van der Waals surface area contributed by atoms with E-state index in [2.05, 4.69) is 4.98 Å². The molecular formula is C20H24N4O3S. The van der Waals surface area contributed by atoms with Gasteiger partial charge in [-0.1, -0.05) is 30.3 Å². The van der Waals surface area contributed by atoms with Crippen molar-refractivity contribution in [2.24, 2.45) is 7.05 Å². The Morgan fingerprint density at radius 3 is 2.21 bits per heavy atom. The Balaban J connectivity index is 1.43. The molecule has 1 amide bonds. The van der Waals surface area contributed by atoms with E-state index in [0.29, 0.717) is 32.0 Å². The molecule has 0 bridgehead atoms. The molecule has 0 N–H and O–H groups in total. The first kappa shape index (κ1) is 18.9. The molecule has 2 aliphatic rings. The van der Waals surface area contributed by atoms with Crippen molar-refractivity contribution >= 4 is 15.9 Å². The van der Waals surface area contributed by atoms with E-state index in [0.717, 1.165) is 16.7 Å². The van der Waals surface area contributed by atoms with Crippen LogP contribution in [0.1, 0.15) is 24.2 Å². The molecule has 148 valence electrons. The Labute approximate surface area is 165 Å². The van der Waals surface area contributed by atoms with Crippen LogP contribution in [0.15, 0.2) is 52.7 Å². The second-order valence-electron chi connectivity index (χ2n) is 7.54. The first-order valence-corrected chi connectivity index (χ1v) is 10.7. The van der Waals surface area contributed by atoms with Crippen LogP contribution in [0, 0.1) is 6.92 Å². The molecule has 0 saturated carbocycles. The van der Waals surface area contributed by atoms with Gasteiger partial charge in [0.05, 0.1) is 5.92 Å². The highest BCUT2D eigenvalue weighted by atomic mass is 32.2. The van der Waals surface area contributed by atoms with E-state index in [1.807, 2.05) is 42.2 Å². The minimum atomic E-state index is -3.62. The number of rotatable bonds is 4. The van der Waals surface area contributed by atoms with Crippen molar-refractivity contribution in [1.82, 2.24) is 18.8 Å². The number of carbonyl (C=O) groups excluding carboxylic acids is 1. The van der Waals surface area contributed by atoms with Crippen LogP contribution in [-0.2, 0) is 21.9 Å². The molecule has 4 rings (SSSR count). The number of imidazole rings is 1. The lowest BCUT2D eigenvalue weighted by molar-refractivity contribution is -0.131. The molecule has 0 radical (unpaired) electrons.